The monoisotopic (exact) mass is 440 g/mol. The maximum atomic E-state index is 13.0. The minimum atomic E-state index is -0.448. The Morgan fingerprint density at radius 2 is 1.87 bits per heavy atom. The first kappa shape index (κ1) is 22.6. The number of benzene rings is 2. The minimum Gasteiger partial charge on any atom is -0.482 e. The highest BCUT2D eigenvalue weighted by Crippen LogP contribution is 2.34. The molecule has 2 aromatic rings. The van der Waals surface area contributed by atoms with E-state index in [0.29, 0.717) is 35.6 Å². The fraction of sp³-hybridized carbons (Fsp3) is 0.261. The molecule has 0 radical (unpaired) electrons. The number of amides is 1. The van der Waals surface area contributed by atoms with Gasteiger partial charge in [-0.05, 0) is 54.6 Å². The molecule has 1 heterocycles. The smallest absolute Gasteiger partial charge is 0.343 e. The lowest BCUT2D eigenvalue weighted by Gasteiger charge is -2.15. The fourth-order valence-corrected chi connectivity index (χ4v) is 3.74. The van der Waals surface area contributed by atoms with Gasteiger partial charge in [-0.3, -0.25) is 9.69 Å². The van der Waals surface area contributed by atoms with E-state index in [1.807, 2.05) is 55.5 Å². The van der Waals surface area contributed by atoms with Crippen molar-refractivity contribution in [3.63, 3.8) is 0 Å². The lowest BCUT2D eigenvalue weighted by atomic mass is 10.2. The van der Waals surface area contributed by atoms with Gasteiger partial charge in [0, 0.05) is 6.61 Å². The highest BCUT2D eigenvalue weighted by Gasteiger charge is 2.33. The van der Waals surface area contributed by atoms with E-state index in [1.165, 1.54) is 18.9 Å². The average Bonchev–Trinajstić information content (AvgIpc) is 3.08. The number of thioether (sulfide) groups is 1. The molecule has 8 heteroatoms. The van der Waals surface area contributed by atoms with Crippen LogP contribution in [0.3, 0.4) is 0 Å². The Morgan fingerprint density at radius 1 is 1.13 bits per heavy atom. The Balaban J connectivity index is 1.77. The zero-order chi connectivity index (χ0) is 22.1. The molecule has 162 valence electrons. The Labute approximate surface area is 185 Å². The third-order valence-electron chi connectivity index (χ3n) is 4.29. The van der Waals surface area contributed by atoms with Crippen LogP contribution in [0.15, 0.2) is 64.5 Å². The number of amidine groups is 1. The molecule has 0 N–H and O–H groups in total. The summed E-state index contributed by atoms with van der Waals surface area (Å²) in [5.41, 5.74) is 1.62. The molecule has 0 aliphatic carbocycles. The van der Waals surface area contributed by atoms with Crippen molar-refractivity contribution in [1.82, 2.24) is 4.90 Å². The zero-order valence-corrected chi connectivity index (χ0v) is 18.3. The summed E-state index contributed by atoms with van der Waals surface area (Å²) < 4.78 is 15.3. The van der Waals surface area contributed by atoms with Gasteiger partial charge in [0.2, 0.25) is 0 Å². The van der Waals surface area contributed by atoms with E-state index in [2.05, 4.69) is 9.73 Å². The lowest BCUT2D eigenvalue weighted by Crippen LogP contribution is -2.32. The van der Waals surface area contributed by atoms with E-state index in [-0.39, 0.29) is 12.5 Å². The van der Waals surface area contributed by atoms with Gasteiger partial charge in [-0.1, -0.05) is 30.3 Å². The van der Waals surface area contributed by atoms with Crippen LogP contribution in [-0.4, -0.2) is 55.4 Å². The van der Waals surface area contributed by atoms with Crippen molar-refractivity contribution in [2.75, 3.05) is 33.5 Å². The maximum Gasteiger partial charge on any atom is 0.343 e. The molecular weight excluding hydrogens is 416 g/mol. The number of methoxy groups -OCH3 is 1. The molecule has 0 saturated carbocycles. The average molecular weight is 441 g/mol. The number of rotatable bonds is 9. The van der Waals surface area contributed by atoms with Gasteiger partial charge in [0.15, 0.2) is 11.8 Å². The third kappa shape index (κ3) is 6.44. The number of carbonyl (C=O) groups excluding carboxylic acids is 2. The van der Waals surface area contributed by atoms with E-state index in [9.17, 15) is 9.59 Å². The Hall–Kier alpha value is -3.10. The quantitative estimate of drug-likeness (QED) is 0.335. The first-order valence-electron chi connectivity index (χ1n) is 9.83. The SMILES string of the molecule is CCOCCN1C(=O)/C(=C/c2ccc(OCC(=O)OC)cc2)SC1=Nc1ccccc1. The van der Waals surface area contributed by atoms with Crippen molar-refractivity contribution in [3.8, 4) is 5.75 Å². The van der Waals surface area contributed by atoms with Crippen molar-refractivity contribution in [2.24, 2.45) is 4.99 Å². The first-order valence-corrected chi connectivity index (χ1v) is 10.6. The van der Waals surface area contributed by atoms with Crippen LogP contribution in [0.25, 0.3) is 6.08 Å². The van der Waals surface area contributed by atoms with Crippen LogP contribution in [0, 0.1) is 0 Å². The summed E-state index contributed by atoms with van der Waals surface area (Å²) in [5, 5.41) is 0.625. The zero-order valence-electron chi connectivity index (χ0n) is 17.4. The van der Waals surface area contributed by atoms with Crippen LogP contribution in [0.1, 0.15) is 12.5 Å². The first-order chi connectivity index (χ1) is 15.1. The van der Waals surface area contributed by atoms with E-state index in [1.54, 1.807) is 17.0 Å². The van der Waals surface area contributed by atoms with Crippen LogP contribution < -0.4 is 4.74 Å². The number of ether oxygens (including phenoxy) is 3. The van der Waals surface area contributed by atoms with E-state index >= 15 is 0 Å². The maximum absolute atomic E-state index is 13.0. The molecule has 1 saturated heterocycles. The predicted molar refractivity (Wildman–Crippen MR) is 121 cm³/mol. The molecular formula is C23H24N2O5S. The predicted octanol–water partition coefficient (Wildman–Crippen LogP) is 3.88. The van der Waals surface area contributed by atoms with Crippen LogP contribution >= 0.6 is 11.8 Å². The second kappa shape index (κ2) is 11.3. The number of para-hydroxylation sites is 1. The standard InChI is InChI=1S/C23H24N2O5S/c1-3-29-14-13-25-22(27)20(31-23(25)24-18-7-5-4-6-8-18)15-17-9-11-19(12-10-17)30-16-21(26)28-2/h4-12,15H,3,13-14,16H2,1-2H3/b20-15-,24-23?. The molecule has 1 amide bonds. The molecule has 0 spiro atoms. The van der Waals surface area contributed by atoms with Gasteiger partial charge in [0.1, 0.15) is 5.75 Å². The van der Waals surface area contributed by atoms with E-state index < -0.39 is 5.97 Å². The van der Waals surface area contributed by atoms with Crippen LogP contribution in [-0.2, 0) is 19.1 Å². The van der Waals surface area contributed by atoms with Gasteiger partial charge in [0.25, 0.3) is 5.91 Å². The molecule has 1 aliphatic rings. The molecule has 2 aromatic carbocycles. The van der Waals surface area contributed by atoms with Crippen molar-refractivity contribution in [3.05, 3.63) is 65.1 Å². The number of esters is 1. The van der Waals surface area contributed by atoms with Crippen molar-refractivity contribution in [2.45, 2.75) is 6.92 Å². The van der Waals surface area contributed by atoms with Gasteiger partial charge in [-0.2, -0.15) is 0 Å². The lowest BCUT2D eigenvalue weighted by molar-refractivity contribution is -0.142. The summed E-state index contributed by atoms with van der Waals surface area (Å²) in [6.45, 7) is 3.23. The van der Waals surface area contributed by atoms with Crippen LogP contribution in [0.4, 0.5) is 5.69 Å². The molecule has 1 fully saturated rings. The molecule has 0 aromatic heterocycles. The number of hydrogen-bond acceptors (Lipinski definition) is 7. The highest BCUT2D eigenvalue weighted by atomic mass is 32.2. The van der Waals surface area contributed by atoms with Gasteiger partial charge in [-0.15, -0.1) is 0 Å². The summed E-state index contributed by atoms with van der Waals surface area (Å²) in [6, 6.07) is 16.7. The molecule has 31 heavy (non-hydrogen) atoms. The molecule has 1 aliphatic heterocycles. The number of carbonyl (C=O) groups is 2. The van der Waals surface area contributed by atoms with Crippen molar-refractivity contribution >= 4 is 40.6 Å². The minimum absolute atomic E-state index is 0.106. The van der Waals surface area contributed by atoms with Crippen molar-refractivity contribution in [1.29, 1.82) is 0 Å². The van der Waals surface area contributed by atoms with Gasteiger partial charge >= 0.3 is 5.97 Å². The third-order valence-corrected chi connectivity index (χ3v) is 5.30. The normalized spacial score (nSPS) is 16.2. The summed E-state index contributed by atoms with van der Waals surface area (Å²) in [7, 11) is 1.31. The van der Waals surface area contributed by atoms with Gasteiger partial charge < -0.3 is 14.2 Å². The number of hydrogen-bond donors (Lipinski definition) is 0. The topological polar surface area (TPSA) is 77.4 Å². The van der Waals surface area contributed by atoms with Crippen LogP contribution in [0.5, 0.6) is 5.75 Å². The Kier molecular flexibility index (Phi) is 8.26. The largest absolute Gasteiger partial charge is 0.482 e. The molecule has 0 unspecified atom stereocenters. The van der Waals surface area contributed by atoms with Gasteiger partial charge in [0.05, 0.1) is 30.9 Å². The van der Waals surface area contributed by atoms with Gasteiger partial charge in [-0.25, -0.2) is 9.79 Å². The number of nitrogens with zero attached hydrogens (tertiary/aromatic N) is 2. The van der Waals surface area contributed by atoms with E-state index in [0.717, 1.165) is 11.3 Å². The second-order valence-corrected chi connectivity index (χ2v) is 7.44. The van der Waals surface area contributed by atoms with Crippen molar-refractivity contribution < 1.29 is 23.8 Å². The second-order valence-electron chi connectivity index (χ2n) is 6.43. The summed E-state index contributed by atoms with van der Waals surface area (Å²) in [6.07, 6.45) is 1.82. The fourth-order valence-electron chi connectivity index (χ4n) is 2.71. The van der Waals surface area contributed by atoms with E-state index in [4.69, 9.17) is 9.47 Å². The highest BCUT2D eigenvalue weighted by molar-refractivity contribution is 8.18. The molecule has 7 nitrogen and oxygen atoms in total. The molecule has 3 rings (SSSR count). The summed E-state index contributed by atoms with van der Waals surface area (Å²) in [5.74, 6) is -0.00968. The Morgan fingerprint density at radius 3 is 2.55 bits per heavy atom. The number of aliphatic imine (C=N–C) groups is 1. The molecule has 0 atom stereocenters. The summed E-state index contributed by atoms with van der Waals surface area (Å²) >= 11 is 1.34. The Bertz CT molecular complexity index is 958. The van der Waals surface area contributed by atoms with Crippen LogP contribution in [0.2, 0.25) is 0 Å². The summed E-state index contributed by atoms with van der Waals surface area (Å²) in [4.78, 5) is 31.1. The molecule has 0 bridgehead atoms.